The first-order chi connectivity index (χ1) is 11.8. The number of amides is 1. The number of aromatic nitrogens is 2. The van der Waals surface area contributed by atoms with Crippen LogP contribution in [0.5, 0.6) is 0 Å². The zero-order valence-corrected chi connectivity index (χ0v) is 15.1. The number of halogens is 1. The molecule has 0 bridgehead atoms. The topological polar surface area (TPSA) is 50.2 Å². The third kappa shape index (κ3) is 3.72. The molecule has 2 aliphatic rings. The molecule has 134 valence electrons. The molecule has 2 aromatic rings. The molecule has 4 rings (SSSR count). The van der Waals surface area contributed by atoms with Gasteiger partial charge in [0.05, 0.1) is 12.1 Å². The second-order valence-electron chi connectivity index (χ2n) is 6.75. The number of benzene rings is 1. The van der Waals surface area contributed by atoms with Crippen LogP contribution in [0.3, 0.4) is 0 Å². The highest BCUT2D eigenvalue weighted by Crippen LogP contribution is 2.32. The maximum absolute atomic E-state index is 13.0. The maximum Gasteiger partial charge on any atom is 0.274 e. The van der Waals surface area contributed by atoms with Crippen LogP contribution in [0.1, 0.15) is 53.8 Å². The van der Waals surface area contributed by atoms with E-state index in [2.05, 4.69) is 22.5 Å². The Labute approximate surface area is 154 Å². The smallest absolute Gasteiger partial charge is 0.274 e. The number of piperidine rings is 1. The van der Waals surface area contributed by atoms with Gasteiger partial charge in [-0.15, -0.1) is 12.4 Å². The molecular formula is C19H25ClN4O. The molecule has 2 aliphatic heterocycles. The Balaban J connectivity index is 0.00000182. The first-order valence-electron chi connectivity index (χ1n) is 8.95. The van der Waals surface area contributed by atoms with Gasteiger partial charge in [-0.2, -0.15) is 5.10 Å². The Hall–Kier alpha value is -1.85. The molecule has 1 N–H and O–H groups in total. The van der Waals surface area contributed by atoms with E-state index >= 15 is 0 Å². The van der Waals surface area contributed by atoms with E-state index in [9.17, 15) is 4.79 Å². The molecule has 2 fully saturated rings. The van der Waals surface area contributed by atoms with Crippen molar-refractivity contribution in [3.8, 4) is 0 Å². The molecule has 2 atom stereocenters. The fourth-order valence-electron chi connectivity index (χ4n) is 3.89. The predicted octanol–water partition coefficient (Wildman–Crippen LogP) is 3.21. The lowest BCUT2D eigenvalue weighted by atomic mass is 10.0. The summed E-state index contributed by atoms with van der Waals surface area (Å²) in [5.41, 5.74) is 1.79. The highest BCUT2D eigenvalue weighted by Gasteiger charge is 2.31. The standard InChI is InChI=1S/C19H24N4O.ClH/c24-19(17-10-13-23(21-17)16-8-4-11-20-14-16)22-12-5-9-18(22)15-6-2-1-3-7-15;/h1-3,6-7,10,13,16,18,20H,4-5,8-9,11-12,14H2;1H. The summed E-state index contributed by atoms with van der Waals surface area (Å²) in [6.07, 6.45) is 6.33. The van der Waals surface area contributed by atoms with E-state index in [1.165, 1.54) is 5.56 Å². The average Bonchev–Trinajstić information content (AvgIpc) is 3.32. The van der Waals surface area contributed by atoms with Crippen LogP contribution in [-0.2, 0) is 0 Å². The second-order valence-corrected chi connectivity index (χ2v) is 6.75. The van der Waals surface area contributed by atoms with Gasteiger partial charge < -0.3 is 10.2 Å². The van der Waals surface area contributed by atoms with E-state index in [0.717, 1.165) is 45.3 Å². The van der Waals surface area contributed by atoms with E-state index in [1.54, 1.807) is 0 Å². The van der Waals surface area contributed by atoms with Crippen molar-refractivity contribution in [1.82, 2.24) is 20.0 Å². The van der Waals surface area contributed by atoms with Crippen LogP contribution in [0.25, 0.3) is 0 Å². The maximum atomic E-state index is 13.0. The van der Waals surface area contributed by atoms with Crippen LogP contribution in [0.2, 0.25) is 0 Å². The van der Waals surface area contributed by atoms with E-state index in [1.807, 2.05) is 40.0 Å². The number of likely N-dealkylation sites (tertiary alicyclic amines) is 1. The van der Waals surface area contributed by atoms with Crippen molar-refractivity contribution >= 4 is 18.3 Å². The monoisotopic (exact) mass is 360 g/mol. The number of nitrogens with zero attached hydrogens (tertiary/aromatic N) is 3. The summed E-state index contributed by atoms with van der Waals surface area (Å²) in [6, 6.07) is 12.7. The van der Waals surface area contributed by atoms with Crippen molar-refractivity contribution in [2.24, 2.45) is 0 Å². The molecule has 0 saturated carbocycles. The van der Waals surface area contributed by atoms with Gasteiger partial charge in [0.15, 0.2) is 0 Å². The van der Waals surface area contributed by atoms with Gasteiger partial charge in [-0.1, -0.05) is 30.3 Å². The quantitative estimate of drug-likeness (QED) is 0.914. The van der Waals surface area contributed by atoms with Gasteiger partial charge in [-0.05, 0) is 43.9 Å². The number of nitrogens with one attached hydrogen (secondary N) is 1. The fraction of sp³-hybridized carbons (Fsp3) is 0.474. The Kier molecular flexibility index (Phi) is 5.76. The largest absolute Gasteiger partial charge is 0.330 e. The van der Waals surface area contributed by atoms with Crippen LogP contribution < -0.4 is 5.32 Å². The van der Waals surface area contributed by atoms with Gasteiger partial charge in [0.25, 0.3) is 5.91 Å². The molecule has 0 spiro atoms. The van der Waals surface area contributed by atoms with E-state index in [4.69, 9.17) is 0 Å². The summed E-state index contributed by atoms with van der Waals surface area (Å²) in [7, 11) is 0. The number of hydrogen-bond acceptors (Lipinski definition) is 3. The van der Waals surface area contributed by atoms with Gasteiger partial charge in [0.1, 0.15) is 5.69 Å². The van der Waals surface area contributed by atoms with Gasteiger partial charge >= 0.3 is 0 Å². The summed E-state index contributed by atoms with van der Waals surface area (Å²) in [5.74, 6) is 0.0591. The van der Waals surface area contributed by atoms with Crippen LogP contribution >= 0.6 is 12.4 Å². The van der Waals surface area contributed by atoms with Crippen LogP contribution in [0.4, 0.5) is 0 Å². The summed E-state index contributed by atoms with van der Waals surface area (Å²) >= 11 is 0. The van der Waals surface area contributed by atoms with Crippen molar-refractivity contribution in [2.75, 3.05) is 19.6 Å². The minimum atomic E-state index is 0. The molecule has 6 heteroatoms. The minimum absolute atomic E-state index is 0. The van der Waals surface area contributed by atoms with Crippen molar-refractivity contribution in [1.29, 1.82) is 0 Å². The Morgan fingerprint density at radius 1 is 1.12 bits per heavy atom. The number of carbonyl (C=O) groups is 1. The molecule has 25 heavy (non-hydrogen) atoms. The third-order valence-electron chi connectivity index (χ3n) is 5.17. The summed E-state index contributed by atoms with van der Waals surface area (Å²) in [5, 5.41) is 7.99. The predicted molar refractivity (Wildman–Crippen MR) is 100 cm³/mol. The van der Waals surface area contributed by atoms with Gasteiger partial charge in [-0.3, -0.25) is 9.48 Å². The van der Waals surface area contributed by atoms with Gasteiger partial charge in [-0.25, -0.2) is 0 Å². The van der Waals surface area contributed by atoms with E-state index < -0.39 is 0 Å². The normalized spacial score (nSPS) is 23.3. The lowest BCUT2D eigenvalue weighted by Gasteiger charge is -2.25. The lowest BCUT2D eigenvalue weighted by Crippen LogP contribution is -2.33. The van der Waals surface area contributed by atoms with E-state index in [0.29, 0.717) is 11.7 Å². The Morgan fingerprint density at radius 3 is 2.72 bits per heavy atom. The van der Waals surface area contributed by atoms with Gasteiger partial charge in [0, 0.05) is 19.3 Å². The molecule has 1 aromatic carbocycles. The SMILES string of the molecule is Cl.O=C(c1ccn(C2CCCNC2)n1)N1CCCC1c1ccccc1. The minimum Gasteiger partial charge on any atom is -0.330 e. The van der Waals surface area contributed by atoms with Crippen LogP contribution in [0, 0.1) is 0 Å². The van der Waals surface area contributed by atoms with Crippen LogP contribution in [-0.4, -0.2) is 40.2 Å². The molecule has 1 aromatic heterocycles. The summed E-state index contributed by atoms with van der Waals surface area (Å²) in [4.78, 5) is 14.9. The fourth-order valence-corrected chi connectivity index (χ4v) is 3.89. The van der Waals surface area contributed by atoms with E-state index in [-0.39, 0.29) is 24.4 Å². The van der Waals surface area contributed by atoms with Crippen molar-refractivity contribution < 1.29 is 4.79 Å². The molecular weight excluding hydrogens is 336 g/mol. The average molecular weight is 361 g/mol. The highest BCUT2D eigenvalue weighted by molar-refractivity contribution is 5.92. The molecule has 3 heterocycles. The Bertz CT molecular complexity index is 696. The molecule has 0 aliphatic carbocycles. The molecule has 2 unspecified atom stereocenters. The lowest BCUT2D eigenvalue weighted by molar-refractivity contribution is 0.0728. The third-order valence-corrected chi connectivity index (χ3v) is 5.17. The number of rotatable bonds is 3. The highest BCUT2D eigenvalue weighted by atomic mass is 35.5. The van der Waals surface area contributed by atoms with Crippen molar-refractivity contribution in [3.63, 3.8) is 0 Å². The summed E-state index contributed by atoms with van der Waals surface area (Å²) < 4.78 is 1.97. The van der Waals surface area contributed by atoms with Crippen molar-refractivity contribution in [3.05, 3.63) is 53.9 Å². The number of carbonyl (C=O) groups excluding carboxylic acids is 1. The van der Waals surface area contributed by atoms with Crippen molar-refractivity contribution in [2.45, 2.75) is 37.8 Å². The first kappa shape index (κ1) is 18.0. The molecule has 5 nitrogen and oxygen atoms in total. The zero-order chi connectivity index (χ0) is 16.4. The Morgan fingerprint density at radius 2 is 1.96 bits per heavy atom. The second kappa shape index (κ2) is 8.02. The van der Waals surface area contributed by atoms with Crippen LogP contribution in [0.15, 0.2) is 42.6 Å². The summed E-state index contributed by atoms with van der Waals surface area (Å²) in [6.45, 7) is 2.83. The van der Waals surface area contributed by atoms with Gasteiger partial charge in [0.2, 0.25) is 0 Å². The molecule has 1 amide bonds. The number of hydrogen-bond donors (Lipinski definition) is 1. The zero-order valence-electron chi connectivity index (χ0n) is 14.3. The first-order valence-corrected chi connectivity index (χ1v) is 8.95. The molecule has 0 radical (unpaired) electrons. The molecule has 2 saturated heterocycles.